The van der Waals surface area contributed by atoms with Crippen molar-refractivity contribution in [1.82, 2.24) is 10.2 Å². The fraction of sp³-hybridized carbons (Fsp3) is 0.500. The Balaban J connectivity index is 1.39. The second-order valence-corrected chi connectivity index (χ2v) is 11.1. The molecule has 2 aliphatic heterocycles. The Morgan fingerprint density at radius 1 is 0.974 bits per heavy atom. The molecule has 1 saturated carbocycles. The third kappa shape index (κ3) is 6.54. The van der Waals surface area contributed by atoms with E-state index in [1.54, 1.807) is 4.90 Å². The minimum absolute atomic E-state index is 0.0646. The zero-order valence-corrected chi connectivity index (χ0v) is 22.2. The van der Waals surface area contributed by atoms with E-state index in [0.29, 0.717) is 19.6 Å². The summed E-state index contributed by atoms with van der Waals surface area (Å²) in [6, 6.07) is 15.7. The predicted octanol–water partition coefficient (Wildman–Crippen LogP) is 5.66. The van der Waals surface area contributed by atoms with Crippen LogP contribution in [0.5, 0.6) is 0 Å². The fourth-order valence-corrected chi connectivity index (χ4v) is 6.24. The number of carbonyl (C=O) groups excluding carboxylic acids is 1. The lowest BCUT2D eigenvalue weighted by molar-refractivity contribution is -0.149. The van der Waals surface area contributed by atoms with Gasteiger partial charge in [-0.3, -0.25) is 4.79 Å². The van der Waals surface area contributed by atoms with E-state index in [-0.39, 0.29) is 24.0 Å². The van der Waals surface area contributed by atoms with Crippen LogP contribution in [0.25, 0.3) is 17.2 Å². The summed E-state index contributed by atoms with van der Waals surface area (Å²) in [7, 11) is 0. The molecule has 0 unspecified atom stereocenters. The number of fused-ring (bicyclic) bond motifs is 7. The molecule has 202 valence electrons. The van der Waals surface area contributed by atoms with Crippen molar-refractivity contribution in [2.75, 3.05) is 13.1 Å². The number of carboxylic acids is 1. The van der Waals surface area contributed by atoms with Crippen LogP contribution in [0.2, 0.25) is 0 Å². The molecule has 38 heavy (non-hydrogen) atoms. The van der Waals surface area contributed by atoms with Crippen LogP contribution >= 0.6 is 0 Å². The summed E-state index contributed by atoms with van der Waals surface area (Å²) < 4.78 is 6.23. The number of hydrogen-bond acceptors (Lipinski definition) is 4. The molecule has 5 rings (SSSR count). The number of aliphatic carboxylic acids is 1. The van der Waals surface area contributed by atoms with Gasteiger partial charge >= 0.3 is 5.97 Å². The highest BCUT2D eigenvalue weighted by Gasteiger charge is 2.43. The Bertz CT molecular complexity index is 1140. The van der Waals surface area contributed by atoms with E-state index >= 15 is 0 Å². The Hall–Kier alpha value is -2.96. The molecular formula is C32H40N2O4. The molecule has 1 aliphatic carbocycles. The van der Waals surface area contributed by atoms with Crippen molar-refractivity contribution in [2.24, 2.45) is 5.92 Å². The molecule has 3 aliphatic rings. The summed E-state index contributed by atoms with van der Waals surface area (Å²) in [5, 5.41) is 13.6. The van der Waals surface area contributed by atoms with Crippen LogP contribution in [0.4, 0.5) is 0 Å². The molecule has 6 heteroatoms. The third-order valence-electron chi connectivity index (χ3n) is 8.32. The fourth-order valence-electron chi connectivity index (χ4n) is 6.24. The van der Waals surface area contributed by atoms with Crippen LogP contribution in [0, 0.1) is 5.92 Å². The van der Waals surface area contributed by atoms with Crippen LogP contribution in [-0.2, 0) is 20.9 Å². The van der Waals surface area contributed by atoms with E-state index in [1.807, 2.05) is 12.1 Å². The van der Waals surface area contributed by atoms with Crippen molar-refractivity contribution in [2.45, 2.75) is 82.6 Å². The van der Waals surface area contributed by atoms with Crippen LogP contribution in [0.1, 0.15) is 68.9 Å². The van der Waals surface area contributed by atoms with Gasteiger partial charge < -0.3 is 20.1 Å². The Labute approximate surface area is 226 Å². The molecular weight excluding hydrogens is 476 g/mol. The maximum Gasteiger partial charge on any atom is 0.326 e. The zero-order valence-electron chi connectivity index (χ0n) is 22.2. The largest absolute Gasteiger partial charge is 0.480 e. The summed E-state index contributed by atoms with van der Waals surface area (Å²) >= 11 is 0. The highest BCUT2D eigenvalue weighted by atomic mass is 16.5. The molecule has 2 N–H and O–H groups in total. The lowest BCUT2D eigenvalue weighted by Gasteiger charge is -2.34. The van der Waals surface area contributed by atoms with Crippen molar-refractivity contribution in [1.29, 1.82) is 0 Å². The first-order chi connectivity index (χ1) is 18.6. The van der Waals surface area contributed by atoms with Crippen LogP contribution < -0.4 is 5.32 Å². The summed E-state index contributed by atoms with van der Waals surface area (Å²) in [6.07, 6.45) is 13.0. The first kappa shape index (κ1) is 26.6. The third-order valence-corrected chi connectivity index (χ3v) is 8.32. The molecule has 0 radical (unpaired) electrons. The average Bonchev–Trinajstić information content (AvgIpc) is 3.38. The number of nitrogens with one attached hydrogen (secondary N) is 1. The number of benzene rings is 2. The number of nitrogens with zero attached hydrogens (tertiary/aromatic N) is 1. The van der Waals surface area contributed by atoms with Crippen molar-refractivity contribution < 1.29 is 19.4 Å². The van der Waals surface area contributed by atoms with Gasteiger partial charge in [0, 0.05) is 13.0 Å². The van der Waals surface area contributed by atoms with Gasteiger partial charge in [-0.05, 0) is 79.0 Å². The number of ether oxygens (including phenoxy) is 1. The molecule has 2 aromatic carbocycles. The molecule has 2 heterocycles. The van der Waals surface area contributed by atoms with Gasteiger partial charge in [-0.2, -0.15) is 0 Å². The molecule has 2 fully saturated rings. The number of amides is 1. The zero-order chi connectivity index (χ0) is 26.3. The first-order valence-electron chi connectivity index (χ1n) is 14.3. The Kier molecular flexibility index (Phi) is 8.92. The topological polar surface area (TPSA) is 78.9 Å². The molecule has 1 saturated heterocycles. The van der Waals surface area contributed by atoms with Crippen LogP contribution in [0.3, 0.4) is 0 Å². The maximum atomic E-state index is 13.9. The summed E-state index contributed by atoms with van der Waals surface area (Å²) in [4.78, 5) is 27.6. The van der Waals surface area contributed by atoms with Crippen molar-refractivity contribution in [3.8, 4) is 11.1 Å². The van der Waals surface area contributed by atoms with E-state index in [1.165, 1.54) is 12.0 Å². The molecule has 6 nitrogen and oxygen atoms in total. The summed E-state index contributed by atoms with van der Waals surface area (Å²) in [5.41, 5.74) is 4.51. The quantitative estimate of drug-likeness (QED) is 0.539. The smallest absolute Gasteiger partial charge is 0.326 e. The standard InChI is InChI=1S/C32H40N2O4/c35-31-30(25-13-5-3-6-14-25)33-17-7-2-1-4-10-23-11-8-15-26(18-23)27-16-9-12-24(19-27)22-38-28-20-29(32(36)37)34(31)21-28/h4,8-12,15-16,18-19,25,28-30,33H,1-3,5-7,13-14,17,20-22H2,(H,36,37)/b10-4+/t28-,29+,30+/m1/s1. The molecule has 0 aromatic heterocycles. The van der Waals surface area contributed by atoms with Gasteiger partial charge in [-0.15, -0.1) is 0 Å². The molecule has 0 spiro atoms. The van der Waals surface area contributed by atoms with Crippen molar-refractivity contribution in [3.05, 3.63) is 65.7 Å². The lowest BCUT2D eigenvalue weighted by Crippen LogP contribution is -2.54. The minimum Gasteiger partial charge on any atom is -0.480 e. The maximum absolute atomic E-state index is 13.9. The second kappa shape index (κ2) is 12.7. The van der Waals surface area contributed by atoms with E-state index in [9.17, 15) is 14.7 Å². The van der Waals surface area contributed by atoms with Crippen LogP contribution in [-0.4, -0.2) is 53.2 Å². The Morgan fingerprint density at radius 2 is 1.76 bits per heavy atom. The monoisotopic (exact) mass is 516 g/mol. The van der Waals surface area contributed by atoms with Gasteiger partial charge in [0.05, 0.1) is 18.8 Å². The summed E-state index contributed by atoms with van der Waals surface area (Å²) in [5.74, 6) is -0.748. The van der Waals surface area contributed by atoms with Gasteiger partial charge in [0.15, 0.2) is 0 Å². The SMILES string of the molecule is O=C(O)[C@@H]1C[C@@H]2CN1C(=O)[C@H](C1CCCCC1)NCCCC/C=C/c1cccc(c1)-c1cccc(c1)CO2. The van der Waals surface area contributed by atoms with Gasteiger partial charge in [-0.25, -0.2) is 4.79 Å². The number of allylic oxidation sites excluding steroid dienone is 1. The van der Waals surface area contributed by atoms with Crippen molar-refractivity contribution in [3.63, 3.8) is 0 Å². The van der Waals surface area contributed by atoms with Gasteiger partial charge in [0.25, 0.3) is 0 Å². The molecule has 2 aromatic rings. The number of rotatable bonds is 2. The Morgan fingerprint density at radius 3 is 2.58 bits per heavy atom. The number of hydrogen-bond donors (Lipinski definition) is 2. The van der Waals surface area contributed by atoms with Gasteiger partial charge in [0.1, 0.15) is 6.04 Å². The highest BCUT2D eigenvalue weighted by Crippen LogP contribution is 2.31. The van der Waals surface area contributed by atoms with E-state index in [0.717, 1.165) is 68.2 Å². The number of carboxylic acid groups (broad SMARTS) is 1. The van der Waals surface area contributed by atoms with E-state index in [2.05, 4.69) is 53.9 Å². The summed E-state index contributed by atoms with van der Waals surface area (Å²) in [6.45, 7) is 1.47. The minimum atomic E-state index is -0.945. The lowest BCUT2D eigenvalue weighted by atomic mass is 9.83. The highest BCUT2D eigenvalue weighted by molar-refractivity contribution is 5.88. The van der Waals surface area contributed by atoms with Gasteiger partial charge in [0.2, 0.25) is 5.91 Å². The normalized spacial score (nSPS) is 26.6. The average molecular weight is 517 g/mol. The van der Waals surface area contributed by atoms with Crippen molar-refractivity contribution >= 4 is 18.0 Å². The molecule has 6 bridgehead atoms. The second-order valence-electron chi connectivity index (χ2n) is 11.1. The first-order valence-corrected chi connectivity index (χ1v) is 14.3. The number of carbonyl (C=O) groups is 2. The molecule has 1 amide bonds. The van der Waals surface area contributed by atoms with E-state index < -0.39 is 12.0 Å². The molecule has 3 atom stereocenters. The van der Waals surface area contributed by atoms with Gasteiger partial charge in [-0.1, -0.05) is 67.8 Å². The van der Waals surface area contributed by atoms with Crippen LogP contribution in [0.15, 0.2) is 54.6 Å². The predicted molar refractivity (Wildman–Crippen MR) is 149 cm³/mol. The van der Waals surface area contributed by atoms with E-state index in [4.69, 9.17) is 4.74 Å².